The van der Waals surface area contributed by atoms with E-state index in [4.69, 9.17) is 0 Å². The number of benzene rings is 2. The Morgan fingerprint density at radius 1 is 1.10 bits per heavy atom. The fourth-order valence-corrected chi connectivity index (χ4v) is 2.64. The molecule has 0 fully saturated rings. The van der Waals surface area contributed by atoms with E-state index in [-0.39, 0.29) is 16.5 Å². The number of aromatic nitrogens is 1. The first kappa shape index (κ1) is 12.3. The first-order valence-corrected chi connectivity index (χ1v) is 6.33. The number of pyridine rings is 1. The minimum absolute atomic E-state index is 0.138. The highest BCUT2D eigenvalue weighted by Crippen LogP contribution is 2.26. The van der Waals surface area contributed by atoms with Crippen LogP contribution in [-0.4, -0.2) is 9.49 Å². The summed E-state index contributed by atoms with van der Waals surface area (Å²) in [6.07, 6.45) is 0. The Hall–Kier alpha value is -2.69. The SMILES string of the molecule is CCn1c2ccccc2c(=O)c2c([N+](=O)[O-])cccc21. The summed E-state index contributed by atoms with van der Waals surface area (Å²) in [7, 11) is 0. The molecule has 3 aromatic rings. The predicted octanol–water partition coefficient (Wildman–Crippen LogP) is 3.08. The zero-order chi connectivity index (χ0) is 14.3. The van der Waals surface area contributed by atoms with Crippen molar-refractivity contribution in [2.75, 3.05) is 0 Å². The van der Waals surface area contributed by atoms with Crippen molar-refractivity contribution in [2.45, 2.75) is 13.5 Å². The largest absolute Gasteiger partial charge is 0.340 e. The van der Waals surface area contributed by atoms with E-state index in [1.165, 1.54) is 6.07 Å². The van der Waals surface area contributed by atoms with E-state index >= 15 is 0 Å². The van der Waals surface area contributed by atoms with Crippen LogP contribution in [0.1, 0.15) is 6.92 Å². The van der Waals surface area contributed by atoms with E-state index in [1.807, 2.05) is 23.6 Å². The van der Waals surface area contributed by atoms with Gasteiger partial charge in [0.15, 0.2) is 0 Å². The lowest BCUT2D eigenvalue weighted by Crippen LogP contribution is -2.12. The van der Waals surface area contributed by atoms with Crippen LogP contribution >= 0.6 is 0 Å². The van der Waals surface area contributed by atoms with Crippen LogP contribution in [0.5, 0.6) is 0 Å². The molecule has 5 nitrogen and oxygen atoms in total. The van der Waals surface area contributed by atoms with Crippen molar-refractivity contribution in [3.05, 3.63) is 62.8 Å². The van der Waals surface area contributed by atoms with Crippen molar-refractivity contribution in [2.24, 2.45) is 0 Å². The highest BCUT2D eigenvalue weighted by atomic mass is 16.6. The van der Waals surface area contributed by atoms with Crippen LogP contribution in [0.15, 0.2) is 47.3 Å². The Morgan fingerprint density at radius 3 is 2.50 bits per heavy atom. The molecule has 3 rings (SSSR count). The monoisotopic (exact) mass is 268 g/mol. The van der Waals surface area contributed by atoms with Crippen molar-refractivity contribution in [3.8, 4) is 0 Å². The van der Waals surface area contributed by atoms with E-state index in [9.17, 15) is 14.9 Å². The summed E-state index contributed by atoms with van der Waals surface area (Å²) in [5, 5.41) is 11.8. The number of para-hydroxylation sites is 1. The van der Waals surface area contributed by atoms with Crippen LogP contribution in [0.2, 0.25) is 0 Å². The second-order valence-corrected chi connectivity index (χ2v) is 4.52. The summed E-state index contributed by atoms with van der Waals surface area (Å²) in [6.45, 7) is 2.59. The molecule has 0 aliphatic carbocycles. The van der Waals surface area contributed by atoms with Crippen molar-refractivity contribution in [3.63, 3.8) is 0 Å². The maximum atomic E-state index is 12.6. The second kappa shape index (κ2) is 4.45. The third-order valence-electron chi connectivity index (χ3n) is 3.49. The van der Waals surface area contributed by atoms with Gasteiger partial charge in [0.05, 0.1) is 16.0 Å². The van der Waals surface area contributed by atoms with Crippen LogP contribution in [0, 0.1) is 10.1 Å². The van der Waals surface area contributed by atoms with E-state index in [1.54, 1.807) is 24.3 Å². The number of aryl methyl sites for hydroxylation is 1. The molecular weight excluding hydrogens is 256 g/mol. The fraction of sp³-hybridized carbons (Fsp3) is 0.133. The smallest absolute Gasteiger partial charge is 0.282 e. The summed E-state index contributed by atoms with van der Waals surface area (Å²) in [6, 6.07) is 11.9. The molecule has 0 saturated carbocycles. The van der Waals surface area contributed by atoms with Gasteiger partial charge in [0, 0.05) is 18.0 Å². The van der Waals surface area contributed by atoms with Crippen molar-refractivity contribution in [1.29, 1.82) is 0 Å². The molecule has 100 valence electrons. The van der Waals surface area contributed by atoms with Crippen LogP contribution < -0.4 is 5.43 Å². The van der Waals surface area contributed by atoms with Crippen molar-refractivity contribution >= 4 is 27.5 Å². The highest BCUT2D eigenvalue weighted by molar-refractivity contribution is 5.98. The molecule has 0 spiro atoms. The molecule has 20 heavy (non-hydrogen) atoms. The minimum atomic E-state index is -0.501. The maximum Gasteiger partial charge on any atom is 0.282 e. The van der Waals surface area contributed by atoms with Crippen LogP contribution in [-0.2, 0) is 6.54 Å². The summed E-state index contributed by atoms with van der Waals surface area (Å²) in [5.41, 5.74) is 0.978. The lowest BCUT2D eigenvalue weighted by molar-refractivity contribution is -0.383. The molecule has 0 atom stereocenters. The lowest BCUT2D eigenvalue weighted by atomic mass is 10.1. The van der Waals surface area contributed by atoms with Gasteiger partial charge in [-0.3, -0.25) is 14.9 Å². The molecule has 5 heteroatoms. The average Bonchev–Trinajstić information content (AvgIpc) is 2.47. The number of fused-ring (bicyclic) bond motifs is 2. The van der Waals surface area contributed by atoms with Gasteiger partial charge in [-0.2, -0.15) is 0 Å². The molecule has 1 aromatic heterocycles. The van der Waals surface area contributed by atoms with Gasteiger partial charge in [0.1, 0.15) is 5.39 Å². The number of nitrogens with zero attached hydrogens (tertiary/aromatic N) is 2. The zero-order valence-electron chi connectivity index (χ0n) is 10.9. The minimum Gasteiger partial charge on any atom is -0.340 e. The molecule has 1 heterocycles. The van der Waals surface area contributed by atoms with Crippen LogP contribution in [0.4, 0.5) is 5.69 Å². The molecule has 0 amide bonds. The van der Waals surface area contributed by atoms with Crippen molar-refractivity contribution < 1.29 is 4.92 Å². The van der Waals surface area contributed by atoms with Crippen LogP contribution in [0.25, 0.3) is 21.8 Å². The number of nitro groups is 1. The van der Waals surface area contributed by atoms with Crippen molar-refractivity contribution in [1.82, 2.24) is 4.57 Å². The van der Waals surface area contributed by atoms with E-state index in [0.29, 0.717) is 17.4 Å². The molecule has 0 unspecified atom stereocenters. The first-order chi connectivity index (χ1) is 9.65. The Balaban J connectivity index is 2.68. The molecule has 0 bridgehead atoms. The predicted molar refractivity (Wildman–Crippen MR) is 78.0 cm³/mol. The summed E-state index contributed by atoms with van der Waals surface area (Å²) in [5.74, 6) is 0. The van der Waals surface area contributed by atoms with Crippen LogP contribution in [0.3, 0.4) is 0 Å². The highest BCUT2D eigenvalue weighted by Gasteiger charge is 2.18. The number of rotatable bonds is 2. The second-order valence-electron chi connectivity index (χ2n) is 4.52. The van der Waals surface area contributed by atoms with Gasteiger partial charge in [-0.05, 0) is 25.1 Å². The van der Waals surface area contributed by atoms with Gasteiger partial charge in [-0.25, -0.2) is 0 Å². The topological polar surface area (TPSA) is 65.1 Å². The average molecular weight is 268 g/mol. The normalized spacial score (nSPS) is 11.1. The van der Waals surface area contributed by atoms with Gasteiger partial charge >= 0.3 is 0 Å². The van der Waals surface area contributed by atoms with Gasteiger partial charge in [-0.15, -0.1) is 0 Å². The Kier molecular flexibility index (Phi) is 2.75. The van der Waals surface area contributed by atoms with Gasteiger partial charge in [-0.1, -0.05) is 18.2 Å². The van der Waals surface area contributed by atoms with E-state index in [0.717, 1.165) is 5.52 Å². The van der Waals surface area contributed by atoms with Gasteiger partial charge < -0.3 is 4.57 Å². The summed E-state index contributed by atoms with van der Waals surface area (Å²) >= 11 is 0. The number of hydrogen-bond donors (Lipinski definition) is 0. The molecule has 2 aromatic carbocycles. The Bertz CT molecular complexity index is 897. The van der Waals surface area contributed by atoms with E-state index < -0.39 is 4.92 Å². The molecule has 0 aliphatic heterocycles. The van der Waals surface area contributed by atoms with Gasteiger partial charge in [0.25, 0.3) is 5.69 Å². The molecule has 0 N–H and O–H groups in total. The first-order valence-electron chi connectivity index (χ1n) is 6.33. The van der Waals surface area contributed by atoms with Gasteiger partial charge in [0.2, 0.25) is 5.43 Å². The third kappa shape index (κ3) is 1.60. The zero-order valence-corrected chi connectivity index (χ0v) is 10.9. The lowest BCUT2D eigenvalue weighted by Gasteiger charge is -2.12. The summed E-state index contributed by atoms with van der Waals surface area (Å²) in [4.78, 5) is 23.2. The number of nitro benzene ring substituents is 1. The van der Waals surface area contributed by atoms with E-state index in [2.05, 4.69) is 0 Å². The third-order valence-corrected chi connectivity index (χ3v) is 3.49. The maximum absolute atomic E-state index is 12.6. The number of hydrogen-bond acceptors (Lipinski definition) is 3. The molecule has 0 aliphatic rings. The standard InChI is InChI=1S/C15H12N2O3/c1-2-16-11-7-4-3-6-10(11)15(18)14-12(16)8-5-9-13(14)17(19)20/h3-9H,2H2,1H3. The number of non-ortho nitro benzene ring substituents is 1. The fourth-order valence-electron chi connectivity index (χ4n) is 2.64. The Labute approximate surface area is 114 Å². The quantitative estimate of drug-likeness (QED) is 0.407. The molecule has 0 radical (unpaired) electrons. The Morgan fingerprint density at radius 2 is 1.80 bits per heavy atom. The summed E-state index contributed by atoms with van der Waals surface area (Å²) < 4.78 is 1.93. The molecule has 0 saturated heterocycles. The molecular formula is C15H12N2O3.